The minimum Gasteiger partial charge on any atom is -0.453 e. The number of aromatic amines is 1. The van der Waals surface area contributed by atoms with Crippen LogP contribution >= 0.6 is 0 Å². The van der Waals surface area contributed by atoms with Crippen molar-refractivity contribution in [3.63, 3.8) is 0 Å². The Kier molecular flexibility index (Phi) is 17.5. The van der Waals surface area contributed by atoms with Crippen molar-refractivity contribution in [1.82, 2.24) is 30.8 Å². The molecule has 1 fully saturated rings. The average molecular weight is 745 g/mol. The molecule has 0 bridgehead atoms. The number of primary amides is 1. The van der Waals surface area contributed by atoms with Crippen molar-refractivity contribution in [3.8, 4) is 11.8 Å². The number of hydrogen-bond acceptors (Lipinski definition) is 10. The van der Waals surface area contributed by atoms with E-state index in [-0.39, 0.29) is 24.3 Å². The molecule has 3 unspecified atom stereocenters. The monoisotopic (exact) mass is 744 g/mol. The van der Waals surface area contributed by atoms with Crippen molar-refractivity contribution in [2.24, 2.45) is 10.7 Å². The maximum Gasteiger partial charge on any atom is 0.407 e. The molecule has 4 amide bonds. The highest BCUT2D eigenvalue weighted by molar-refractivity contribution is 5.86. The Morgan fingerprint density at radius 2 is 1.81 bits per heavy atom. The molecule has 15 nitrogen and oxygen atoms in total. The van der Waals surface area contributed by atoms with Gasteiger partial charge in [-0.2, -0.15) is 0 Å². The zero-order valence-corrected chi connectivity index (χ0v) is 31.4. The molecule has 1 aliphatic rings. The highest BCUT2D eigenvalue weighted by atomic mass is 16.5. The first-order valence-corrected chi connectivity index (χ1v) is 17.9. The van der Waals surface area contributed by atoms with Crippen LogP contribution in [-0.2, 0) is 25.5 Å². The molecule has 3 atom stereocenters. The zero-order chi connectivity index (χ0) is 39.5. The van der Waals surface area contributed by atoms with Crippen LogP contribution in [0.25, 0.3) is 16.7 Å². The molecule has 4 rings (SSSR count). The highest BCUT2D eigenvalue weighted by Gasteiger charge is 2.33. The molecule has 15 heteroatoms. The summed E-state index contributed by atoms with van der Waals surface area (Å²) in [7, 11) is 2.51. The fraction of sp³-hybridized carbons (Fsp3) is 0.436. The summed E-state index contributed by atoms with van der Waals surface area (Å²) in [4.78, 5) is 59.8. The Bertz CT molecular complexity index is 1810. The number of alkyl carbamates (subject to hydrolysis) is 1. The lowest BCUT2D eigenvalue weighted by atomic mass is 10.1. The smallest absolute Gasteiger partial charge is 0.407 e. The highest BCUT2D eigenvalue weighted by Crippen LogP contribution is 2.21. The number of carbonyl (C=O) groups excluding carboxylic acids is 4. The number of nitrogens with two attached hydrogens (primary N) is 1. The summed E-state index contributed by atoms with van der Waals surface area (Å²) in [6.07, 6.45) is 4.49. The third-order valence-corrected chi connectivity index (χ3v) is 8.52. The molecule has 54 heavy (non-hydrogen) atoms. The largest absolute Gasteiger partial charge is 0.453 e. The van der Waals surface area contributed by atoms with E-state index in [9.17, 15) is 24.3 Å². The van der Waals surface area contributed by atoms with Crippen LogP contribution in [0.5, 0.6) is 0 Å². The SMILES string of the molecule is C=N/C=C(\NCC1CCCN1C(=O)C(CC)NC(=O)OC)c1ccc(C#Cc2ccc3nc(CCCCNC(=O)CC(C)O)[nH]c3c2)cc1.COC(N)=O. The molecule has 1 aliphatic heterocycles. The molecule has 3 aromatic rings. The van der Waals surface area contributed by atoms with Crippen molar-refractivity contribution in [3.05, 3.63) is 71.2 Å². The summed E-state index contributed by atoms with van der Waals surface area (Å²) >= 11 is 0. The summed E-state index contributed by atoms with van der Waals surface area (Å²) in [6.45, 7) is 8.83. The third-order valence-electron chi connectivity index (χ3n) is 8.52. The summed E-state index contributed by atoms with van der Waals surface area (Å²) in [5.41, 5.74) is 9.67. The average Bonchev–Trinajstić information content (AvgIpc) is 3.81. The standard InChI is InChI=1S/C37H47N7O5.C2H5NO2/c1-5-30(43-37(48)49-4)36(47)44-20-8-9-29(44)23-40-33(24-38-3)28-16-13-26(14-17-28)11-12-27-15-18-31-32(22-27)42-34(41-31)10-6-7-19-39-35(46)21-25(2)45;1-5-2(3)4/h13-18,22,24-25,29-30,40,45H,3,5-10,19-21,23H2,1-2,4H3,(H,39,46)(H,41,42)(H,43,48);1H3,(H2,3,4)/b33-24-;. The van der Waals surface area contributed by atoms with E-state index in [1.807, 2.05) is 54.3 Å². The van der Waals surface area contributed by atoms with Crippen molar-refractivity contribution in [1.29, 1.82) is 0 Å². The fourth-order valence-electron chi connectivity index (χ4n) is 5.74. The lowest BCUT2D eigenvalue weighted by Gasteiger charge is -2.29. The van der Waals surface area contributed by atoms with Gasteiger partial charge in [0.15, 0.2) is 0 Å². The summed E-state index contributed by atoms with van der Waals surface area (Å²) in [5.74, 6) is 7.13. The molecule has 7 N–H and O–H groups in total. The number of unbranched alkanes of at least 4 members (excludes halogenated alkanes) is 1. The summed E-state index contributed by atoms with van der Waals surface area (Å²) < 4.78 is 8.57. The predicted molar refractivity (Wildman–Crippen MR) is 207 cm³/mol. The number of aliphatic hydroxyl groups is 1. The molecule has 290 valence electrons. The van der Waals surface area contributed by atoms with Crippen LogP contribution in [0.3, 0.4) is 0 Å². The second kappa shape index (κ2) is 22.2. The van der Waals surface area contributed by atoms with Crippen molar-refractivity contribution < 1.29 is 33.8 Å². The quantitative estimate of drug-likeness (QED) is 0.0761. The van der Waals surface area contributed by atoms with Gasteiger partial charge in [-0.05, 0) is 81.6 Å². The maximum atomic E-state index is 13.2. The molecule has 1 aromatic heterocycles. The van der Waals surface area contributed by atoms with E-state index in [1.165, 1.54) is 14.2 Å². The van der Waals surface area contributed by atoms with Crippen molar-refractivity contribution in [2.45, 2.75) is 77.0 Å². The van der Waals surface area contributed by atoms with E-state index < -0.39 is 24.3 Å². The number of aryl methyl sites for hydroxylation is 1. The first-order chi connectivity index (χ1) is 26.0. The predicted octanol–water partition coefficient (Wildman–Crippen LogP) is 3.60. The summed E-state index contributed by atoms with van der Waals surface area (Å²) in [5, 5.41) is 18.2. The third kappa shape index (κ3) is 13.9. The number of fused-ring (bicyclic) bond motifs is 1. The number of aromatic nitrogens is 2. The van der Waals surface area contributed by atoms with E-state index in [2.05, 4.69) is 64.7 Å². The van der Waals surface area contributed by atoms with E-state index in [1.54, 1.807) is 13.1 Å². The van der Waals surface area contributed by atoms with Gasteiger partial charge >= 0.3 is 12.2 Å². The number of amides is 4. The molecule has 0 aliphatic carbocycles. The lowest BCUT2D eigenvalue weighted by Crippen LogP contribution is -2.51. The molecule has 0 saturated carbocycles. The number of nitrogens with one attached hydrogen (secondary N) is 4. The number of ether oxygens (including phenoxy) is 2. The Morgan fingerprint density at radius 1 is 1.11 bits per heavy atom. The van der Waals surface area contributed by atoms with Gasteiger partial charge < -0.3 is 46.1 Å². The van der Waals surface area contributed by atoms with Crippen molar-refractivity contribution in [2.75, 3.05) is 33.9 Å². The molecule has 2 heterocycles. The zero-order valence-electron chi connectivity index (χ0n) is 31.4. The maximum absolute atomic E-state index is 13.2. The molecule has 0 spiro atoms. The second-order valence-electron chi connectivity index (χ2n) is 12.7. The number of hydrogen-bond donors (Lipinski definition) is 6. The van der Waals surface area contributed by atoms with E-state index in [4.69, 9.17) is 0 Å². The number of H-pyrrole nitrogens is 1. The van der Waals surface area contributed by atoms with Crippen LogP contribution in [0, 0.1) is 11.8 Å². The Labute approximate surface area is 316 Å². The van der Waals surface area contributed by atoms with Crippen molar-refractivity contribution >= 4 is 47.4 Å². The number of carbonyl (C=O) groups is 4. The second-order valence-corrected chi connectivity index (χ2v) is 12.7. The normalized spacial score (nSPS) is 14.7. The van der Waals surface area contributed by atoms with Crippen LogP contribution in [0.4, 0.5) is 9.59 Å². The number of nitrogens with zero attached hydrogens (tertiary/aromatic N) is 3. The summed E-state index contributed by atoms with van der Waals surface area (Å²) in [6, 6.07) is 13.1. The van der Waals surface area contributed by atoms with Gasteiger partial charge in [0.2, 0.25) is 11.8 Å². The van der Waals surface area contributed by atoms with Gasteiger partial charge in [-0.1, -0.05) is 30.9 Å². The van der Waals surface area contributed by atoms with Gasteiger partial charge in [-0.25, -0.2) is 14.6 Å². The van der Waals surface area contributed by atoms with Gasteiger partial charge in [0.25, 0.3) is 0 Å². The van der Waals surface area contributed by atoms with Crippen LogP contribution in [0.15, 0.2) is 53.7 Å². The number of methoxy groups -OCH3 is 2. The minimum atomic E-state index is -0.745. The minimum absolute atomic E-state index is 0.0243. The Hall–Kier alpha value is -5.88. The first-order valence-electron chi connectivity index (χ1n) is 17.9. The Balaban J connectivity index is 0.00000147. The number of aliphatic hydroxyl groups excluding tert-OH is 1. The molecule has 2 aromatic carbocycles. The first kappa shape index (κ1) is 42.5. The van der Waals surface area contributed by atoms with E-state index in [0.717, 1.165) is 71.3 Å². The van der Waals surface area contributed by atoms with Crippen LogP contribution in [0.1, 0.15) is 74.9 Å². The molecule has 1 saturated heterocycles. The molecular formula is C39H52N8O7. The van der Waals surface area contributed by atoms with Gasteiger partial charge in [0.05, 0.1) is 43.5 Å². The molecule has 0 radical (unpaired) electrons. The fourth-order valence-corrected chi connectivity index (χ4v) is 5.74. The van der Waals surface area contributed by atoms with E-state index in [0.29, 0.717) is 26.1 Å². The van der Waals surface area contributed by atoms with Crippen LogP contribution < -0.4 is 21.7 Å². The molecular weight excluding hydrogens is 692 g/mol. The number of aliphatic imine (C=N–C) groups is 1. The lowest BCUT2D eigenvalue weighted by molar-refractivity contribution is -0.134. The van der Waals surface area contributed by atoms with Crippen LogP contribution in [-0.4, -0.2) is 103 Å². The van der Waals surface area contributed by atoms with Gasteiger partial charge in [0, 0.05) is 49.4 Å². The topological polar surface area (TPSA) is 213 Å². The number of rotatable bonds is 15. The number of likely N-dealkylation sites (tertiary alicyclic amines) is 1. The van der Waals surface area contributed by atoms with E-state index >= 15 is 0 Å². The Morgan fingerprint density at radius 3 is 2.46 bits per heavy atom. The number of benzene rings is 2. The van der Waals surface area contributed by atoms with Gasteiger partial charge in [0.1, 0.15) is 11.9 Å². The number of imidazole rings is 1. The van der Waals surface area contributed by atoms with Gasteiger partial charge in [-0.15, -0.1) is 0 Å². The van der Waals surface area contributed by atoms with Crippen LogP contribution in [0.2, 0.25) is 0 Å². The van der Waals surface area contributed by atoms with Gasteiger partial charge in [-0.3, -0.25) is 14.6 Å².